The van der Waals surface area contributed by atoms with Gasteiger partial charge in [0.15, 0.2) is 0 Å². The van der Waals surface area contributed by atoms with Crippen LogP contribution in [0.1, 0.15) is 24.8 Å². The van der Waals surface area contributed by atoms with Crippen LogP contribution in [-0.4, -0.2) is 30.0 Å². The fraction of sp³-hybridized carbons (Fsp3) is 0.583. The van der Waals surface area contributed by atoms with Crippen LogP contribution in [0.5, 0.6) is 0 Å². The molecule has 1 aliphatic carbocycles. The molecule has 4 nitrogen and oxygen atoms in total. The summed E-state index contributed by atoms with van der Waals surface area (Å²) in [5.74, 6) is 0.131. The molecule has 0 bridgehead atoms. The number of nitrogens with zero attached hydrogens (tertiary/aromatic N) is 1. The van der Waals surface area contributed by atoms with Crippen LogP contribution in [-0.2, 0) is 16.4 Å². The molecule has 1 aromatic rings. The molecule has 1 aromatic heterocycles. The van der Waals surface area contributed by atoms with Crippen molar-refractivity contribution in [2.75, 3.05) is 11.1 Å². The van der Waals surface area contributed by atoms with Gasteiger partial charge in [0, 0.05) is 23.3 Å². The van der Waals surface area contributed by atoms with Crippen molar-refractivity contribution in [3.63, 3.8) is 0 Å². The predicted octanol–water partition coefficient (Wildman–Crippen LogP) is 1.86. The van der Waals surface area contributed by atoms with E-state index in [1.165, 1.54) is 0 Å². The zero-order chi connectivity index (χ0) is 13.1. The highest BCUT2D eigenvalue weighted by Gasteiger charge is 2.39. The van der Waals surface area contributed by atoms with E-state index in [9.17, 15) is 8.42 Å². The van der Waals surface area contributed by atoms with Gasteiger partial charge < -0.3 is 0 Å². The maximum absolute atomic E-state index is 12.0. The molecule has 100 valence electrons. The van der Waals surface area contributed by atoms with E-state index in [0.717, 1.165) is 24.8 Å². The Labute approximate surface area is 116 Å². The lowest BCUT2D eigenvalue weighted by Crippen LogP contribution is -2.55. The second-order valence-corrected chi connectivity index (χ2v) is 7.20. The van der Waals surface area contributed by atoms with Crippen LogP contribution in [0.15, 0.2) is 24.5 Å². The number of nitrogens with one attached hydrogen (secondary N) is 1. The van der Waals surface area contributed by atoms with Gasteiger partial charge in [-0.25, -0.2) is 13.1 Å². The second-order valence-electron chi connectivity index (χ2n) is 4.79. The van der Waals surface area contributed by atoms with Gasteiger partial charge in [-0.05, 0) is 43.4 Å². The van der Waals surface area contributed by atoms with Crippen LogP contribution < -0.4 is 4.72 Å². The SMILES string of the molecule is O=S(=O)(CCc1ccncc1)NC1(CBr)CCC1. The predicted molar refractivity (Wildman–Crippen MR) is 75.2 cm³/mol. The highest BCUT2D eigenvalue weighted by molar-refractivity contribution is 9.09. The number of hydrogen-bond acceptors (Lipinski definition) is 3. The number of hydrogen-bond donors (Lipinski definition) is 1. The third-order valence-corrected chi connectivity index (χ3v) is 5.91. The van der Waals surface area contributed by atoms with Gasteiger partial charge in [0.2, 0.25) is 10.0 Å². The standard InChI is InChI=1S/C12H17BrN2O2S/c13-10-12(5-1-6-12)15-18(16,17)9-4-11-2-7-14-8-3-11/h2-3,7-8,15H,1,4-6,9-10H2. The first kappa shape index (κ1) is 14.0. The normalized spacial score (nSPS) is 18.3. The molecule has 6 heteroatoms. The lowest BCUT2D eigenvalue weighted by molar-refractivity contribution is 0.256. The number of aromatic nitrogens is 1. The molecule has 1 N–H and O–H groups in total. The minimum absolute atomic E-state index is 0.131. The molecule has 0 amide bonds. The number of alkyl halides is 1. The average molecular weight is 333 g/mol. The molecular formula is C12H17BrN2O2S. The van der Waals surface area contributed by atoms with Gasteiger partial charge in [0.05, 0.1) is 5.75 Å². The number of rotatable bonds is 6. The maximum Gasteiger partial charge on any atom is 0.212 e. The van der Waals surface area contributed by atoms with Crippen LogP contribution in [0.2, 0.25) is 0 Å². The van der Waals surface area contributed by atoms with Gasteiger partial charge in [0.1, 0.15) is 0 Å². The Balaban J connectivity index is 1.92. The Morgan fingerprint density at radius 1 is 1.33 bits per heavy atom. The minimum atomic E-state index is -3.21. The molecule has 0 aliphatic heterocycles. The Morgan fingerprint density at radius 2 is 2.00 bits per heavy atom. The highest BCUT2D eigenvalue weighted by Crippen LogP contribution is 2.34. The Kier molecular flexibility index (Phi) is 4.40. The van der Waals surface area contributed by atoms with E-state index in [4.69, 9.17) is 0 Å². The molecule has 18 heavy (non-hydrogen) atoms. The van der Waals surface area contributed by atoms with Crippen molar-refractivity contribution < 1.29 is 8.42 Å². The summed E-state index contributed by atoms with van der Waals surface area (Å²) in [5, 5.41) is 0.689. The van der Waals surface area contributed by atoms with Crippen molar-refractivity contribution in [2.24, 2.45) is 0 Å². The average Bonchev–Trinajstić information content (AvgIpc) is 2.33. The summed E-state index contributed by atoms with van der Waals surface area (Å²) in [7, 11) is -3.21. The summed E-state index contributed by atoms with van der Waals surface area (Å²) in [6.07, 6.45) is 6.83. The largest absolute Gasteiger partial charge is 0.265 e. The third kappa shape index (κ3) is 3.52. The Morgan fingerprint density at radius 3 is 2.50 bits per heavy atom. The molecule has 1 heterocycles. The van der Waals surface area contributed by atoms with E-state index in [2.05, 4.69) is 25.6 Å². The summed E-state index contributed by atoms with van der Waals surface area (Å²) >= 11 is 3.40. The molecule has 1 aliphatic rings. The number of aryl methyl sites for hydroxylation is 1. The molecule has 0 saturated heterocycles. The zero-order valence-electron chi connectivity index (χ0n) is 10.1. The van der Waals surface area contributed by atoms with Crippen LogP contribution >= 0.6 is 15.9 Å². The van der Waals surface area contributed by atoms with Gasteiger partial charge in [0.25, 0.3) is 0 Å². The number of sulfonamides is 1. The fourth-order valence-corrected chi connectivity index (χ4v) is 4.48. The number of halogens is 1. The summed E-state index contributed by atoms with van der Waals surface area (Å²) in [6.45, 7) is 0. The smallest absolute Gasteiger partial charge is 0.212 e. The van der Waals surface area contributed by atoms with Gasteiger partial charge in [-0.1, -0.05) is 15.9 Å². The summed E-state index contributed by atoms with van der Waals surface area (Å²) in [4.78, 5) is 3.91. The van der Waals surface area contributed by atoms with E-state index < -0.39 is 10.0 Å². The molecule has 1 saturated carbocycles. The molecular weight excluding hydrogens is 316 g/mol. The van der Waals surface area contributed by atoms with Crippen LogP contribution in [0.25, 0.3) is 0 Å². The van der Waals surface area contributed by atoms with Crippen molar-refractivity contribution in [2.45, 2.75) is 31.2 Å². The lowest BCUT2D eigenvalue weighted by atomic mass is 9.80. The van der Waals surface area contributed by atoms with E-state index >= 15 is 0 Å². The first-order valence-corrected chi connectivity index (χ1v) is 8.79. The van der Waals surface area contributed by atoms with Crippen molar-refractivity contribution in [3.8, 4) is 0 Å². The Bertz CT molecular complexity index is 481. The fourth-order valence-electron chi connectivity index (χ4n) is 2.05. The van der Waals surface area contributed by atoms with Crippen molar-refractivity contribution in [1.29, 1.82) is 0 Å². The summed E-state index contributed by atoms with van der Waals surface area (Å²) < 4.78 is 26.9. The van der Waals surface area contributed by atoms with E-state index in [1.54, 1.807) is 12.4 Å². The second kappa shape index (κ2) is 5.67. The quantitative estimate of drug-likeness (QED) is 0.809. The Hall–Kier alpha value is -0.460. The molecule has 0 aromatic carbocycles. The van der Waals surface area contributed by atoms with Gasteiger partial charge >= 0.3 is 0 Å². The van der Waals surface area contributed by atoms with Crippen LogP contribution in [0, 0.1) is 0 Å². The van der Waals surface area contributed by atoms with Crippen molar-refractivity contribution >= 4 is 26.0 Å². The third-order valence-electron chi connectivity index (χ3n) is 3.35. The van der Waals surface area contributed by atoms with E-state index in [0.29, 0.717) is 11.8 Å². The molecule has 0 atom stereocenters. The van der Waals surface area contributed by atoms with Crippen molar-refractivity contribution in [1.82, 2.24) is 9.71 Å². The number of pyridine rings is 1. The first-order chi connectivity index (χ1) is 8.55. The van der Waals surface area contributed by atoms with E-state index in [1.807, 2.05) is 12.1 Å². The lowest BCUT2D eigenvalue weighted by Gasteiger charge is -2.40. The zero-order valence-corrected chi connectivity index (χ0v) is 12.5. The topological polar surface area (TPSA) is 59.1 Å². The van der Waals surface area contributed by atoms with Gasteiger partial charge in [-0.15, -0.1) is 0 Å². The van der Waals surface area contributed by atoms with Gasteiger partial charge in [-0.2, -0.15) is 0 Å². The van der Waals surface area contributed by atoms with Gasteiger partial charge in [-0.3, -0.25) is 4.98 Å². The molecule has 1 fully saturated rings. The first-order valence-electron chi connectivity index (χ1n) is 6.02. The van der Waals surface area contributed by atoms with Crippen LogP contribution in [0.3, 0.4) is 0 Å². The summed E-state index contributed by atoms with van der Waals surface area (Å²) in [5.41, 5.74) is 0.758. The molecule has 0 unspecified atom stereocenters. The van der Waals surface area contributed by atoms with Crippen LogP contribution in [0.4, 0.5) is 0 Å². The molecule has 0 spiro atoms. The molecule has 0 radical (unpaired) electrons. The minimum Gasteiger partial charge on any atom is -0.265 e. The highest BCUT2D eigenvalue weighted by atomic mass is 79.9. The van der Waals surface area contributed by atoms with E-state index in [-0.39, 0.29) is 11.3 Å². The monoisotopic (exact) mass is 332 g/mol. The van der Waals surface area contributed by atoms with Crippen molar-refractivity contribution in [3.05, 3.63) is 30.1 Å². The maximum atomic E-state index is 12.0. The molecule has 2 rings (SSSR count). The summed E-state index contributed by atoms with van der Waals surface area (Å²) in [6, 6.07) is 3.69.